The maximum absolute atomic E-state index is 5.78. The normalized spacial score (nSPS) is 16.9. The van der Waals surface area contributed by atoms with Gasteiger partial charge in [-0.2, -0.15) is 0 Å². The van der Waals surface area contributed by atoms with E-state index in [1.807, 2.05) is 12.1 Å². The van der Waals surface area contributed by atoms with Crippen LogP contribution >= 0.6 is 0 Å². The molecule has 0 amide bonds. The van der Waals surface area contributed by atoms with Gasteiger partial charge in [-0.3, -0.25) is 0 Å². The molecule has 1 aliphatic rings. The molecule has 1 saturated carbocycles. The molecule has 2 rings (SSSR count). The molecule has 1 fully saturated rings. The molecule has 0 bridgehead atoms. The number of nitrogens with one attached hydrogen (secondary N) is 1. The largest absolute Gasteiger partial charge is 0.462 e. The fourth-order valence-electron chi connectivity index (χ4n) is 2.66. The summed E-state index contributed by atoms with van der Waals surface area (Å²) in [4.78, 5) is 0. The minimum atomic E-state index is 0.615. The minimum absolute atomic E-state index is 0.615. The summed E-state index contributed by atoms with van der Waals surface area (Å²) < 4.78 is 11.5. The molecular formula is C16H27NO2. The highest BCUT2D eigenvalue weighted by molar-refractivity contribution is 5.06. The van der Waals surface area contributed by atoms with E-state index in [0.29, 0.717) is 6.61 Å². The number of furan rings is 1. The second-order valence-electron chi connectivity index (χ2n) is 5.56. The van der Waals surface area contributed by atoms with Crippen LogP contribution < -0.4 is 5.32 Å². The Kier molecular flexibility index (Phi) is 6.45. The summed E-state index contributed by atoms with van der Waals surface area (Å²) in [5.41, 5.74) is 0. The van der Waals surface area contributed by atoms with Crippen LogP contribution in [0, 0.1) is 5.92 Å². The molecule has 19 heavy (non-hydrogen) atoms. The fraction of sp³-hybridized carbons (Fsp3) is 0.750. The van der Waals surface area contributed by atoms with Gasteiger partial charge in [0.15, 0.2) is 0 Å². The van der Waals surface area contributed by atoms with Gasteiger partial charge in [0.2, 0.25) is 0 Å². The Bertz CT molecular complexity index is 342. The van der Waals surface area contributed by atoms with Gasteiger partial charge in [-0.05, 0) is 43.9 Å². The lowest BCUT2D eigenvalue weighted by Gasteiger charge is -2.20. The van der Waals surface area contributed by atoms with Crippen molar-refractivity contribution in [2.24, 2.45) is 5.92 Å². The first-order valence-corrected chi connectivity index (χ1v) is 7.74. The highest BCUT2D eigenvalue weighted by atomic mass is 16.5. The fourth-order valence-corrected chi connectivity index (χ4v) is 2.66. The first-order valence-electron chi connectivity index (χ1n) is 7.74. The van der Waals surface area contributed by atoms with Gasteiger partial charge in [-0.15, -0.1) is 0 Å². The molecule has 0 unspecified atom stereocenters. The van der Waals surface area contributed by atoms with Crippen molar-refractivity contribution in [3.63, 3.8) is 0 Å². The summed E-state index contributed by atoms with van der Waals surface area (Å²) in [5, 5.41) is 3.34. The Morgan fingerprint density at radius 1 is 1.21 bits per heavy atom. The van der Waals surface area contributed by atoms with Crippen molar-refractivity contribution in [1.82, 2.24) is 5.32 Å². The molecule has 3 nitrogen and oxygen atoms in total. The van der Waals surface area contributed by atoms with Crippen LogP contribution in [-0.4, -0.2) is 13.2 Å². The number of rotatable bonds is 8. The van der Waals surface area contributed by atoms with E-state index in [9.17, 15) is 0 Å². The van der Waals surface area contributed by atoms with Gasteiger partial charge in [0.1, 0.15) is 18.1 Å². The van der Waals surface area contributed by atoms with Crippen LogP contribution in [0.4, 0.5) is 0 Å². The minimum Gasteiger partial charge on any atom is -0.462 e. The second kappa shape index (κ2) is 8.39. The first-order chi connectivity index (χ1) is 9.38. The molecule has 1 aromatic heterocycles. The molecule has 1 aromatic rings. The van der Waals surface area contributed by atoms with Crippen LogP contribution in [0.25, 0.3) is 0 Å². The van der Waals surface area contributed by atoms with Gasteiger partial charge in [-0.1, -0.05) is 26.2 Å². The summed E-state index contributed by atoms with van der Waals surface area (Å²) in [5.74, 6) is 2.73. The molecule has 1 heterocycles. The van der Waals surface area contributed by atoms with Crippen molar-refractivity contribution in [3.05, 3.63) is 23.7 Å². The third-order valence-electron chi connectivity index (χ3n) is 3.77. The van der Waals surface area contributed by atoms with Crippen LogP contribution in [0.3, 0.4) is 0 Å². The van der Waals surface area contributed by atoms with Crippen molar-refractivity contribution in [3.8, 4) is 0 Å². The average molecular weight is 265 g/mol. The zero-order chi connectivity index (χ0) is 13.3. The van der Waals surface area contributed by atoms with Crippen LogP contribution in [0.15, 0.2) is 16.5 Å². The Labute approximate surface area is 116 Å². The number of ether oxygens (including phenoxy) is 1. The van der Waals surface area contributed by atoms with E-state index < -0.39 is 0 Å². The lowest BCUT2D eigenvalue weighted by molar-refractivity contribution is 0.0631. The van der Waals surface area contributed by atoms with Gasteiger partial charge in [0.25, 0.3) is 0 Å². The van der Waals surface area contributed by atoms with Crippen LogP contribution in [0.5, 0.6) is 0 Å². The summed E-state index contributed by atoms with van der Waals surface area (Å²) in [6, 6.07) is 4.08. The smallest absolute Gasteiger partial charge is 0.129 e. The van der Waals surface area contributed by atoms with Crippen LogP contribution in [-0.2, 0) is 17.9 Å². The molecule has 0 saturated heterocycles. The second-order valence-corrected chi connectivity index (χ2v) is 5.56. The molecule has 0 aliphatic heterocycles. The van der Waals surface area contributed by atoms with Crippen molar-refractivity contribution in [1.29, 1.82) is 0 Å². The van der Waals surface area contributed by atoms with Crippen molar-refractivity contribution in [2.45, 2.75) is 58.6 Å². The highest BCUT2D eigenvalue weighted by Gasteiger charge is 2.13. The predicted molar refractivity (Wildman–Crippen MR) is 76.9 cm³/mol. The maximum Gasteiger partial charge on any atom is 0.129 e. The SMILES string of the molecule is CCCNCc1ccc(COCC2CCCCC2)o1. The standard InChI is InChI=1S/C16H27NO2/c1-2-10-17-11-15-8-9-16(19-15)13-18-12-14-6-4-3-5-7-14/h8-9,14,17H,2-7,10-13H2,1H3. The Morgan fingerprint density at radius 2 is 2.00 bits per heavy atom. The lowest BCUT2D eigenvalue weighted by Crippen LogP contribution is -2.13. The van der Waals surface area contributed by atoms with E-state index >= 15 is 0 Å². The topological polar surface area (TPSA) is 34.4 Å². The number of hydrogen-bond acceptors (Lipinski definition) is 3. The zero-order valence-corrected chi connectivity index (χ0v) is 12.1. The highest BCUT2D eigenvalue weighted by Crippen LogP contribution is 2.24. The summed E-state index contributed by atoms with van der Waals surface area (Å²) in [7, 11) is 0. The van der Waals surface area contributed by atoms with E-state index in [1.54, 1.807) is 0 Å². The van der Waals surface area contributed by atoms with Gasteiger partial charge >= 0.3 is 0 Å². The molecule has 108 valence electrons. The monoisotopic (exact) mass is 265 g/mol. The van der Waals surface area contributed by atoms with E-state index in [2.05, 4.69) is 12.2 Å². The van der Waals surface area contributed by atoms with Gasteiger partial charge in [0, 0.05) is 6.61 Å². The van der Waals surface area contributed by atoms with Crippen molar-refractivity contribution < 1.29 is 9.15 Å². The van der Waals surface area contributed by atoms with Crippen LogP contribution in [0.2, 0.25) is 0 Å². The van der Waals surface area contributed by atoms with E-state index in [4.69, 9.17) is 9.15 Å². The van der Waals surface area contributed by atoms with E-state index in [1.165, 1.54) is 32.1 Å². The zero-order valence-electron chi connectivity index (χ0n) is 12.1. The van der Waals surface area contributed by atoms with E-state index in [-0.39, 0.29) is 0 Å². The van der Waals surface area contributed by atoms with Crippen molar-refractivity contribution >= 4 is 0 Å². The lowest BCUT2D eigenvalue weighted by atomic mass is 9.90. The van der Waals surface area contributed by atoms with Gasteiger partial charge in [-0.25, -0.2) is 0 Å². The summed E-state index contributed by atoms with van der Waals surface area (Å²) >= 11 is 0. The average Bonchev–Trinajstić information content (AvgIpc) is 2.88. The van der Waals surface area contributed by atoms with Crippen LogP contribution in [0.1, 0.15) is 57.0 Å². The molecule has 3 heteroatoms. The molecule has 0 atom stereocenters. The molecule has 0 radical (unpaired) electrons. The first kappa shape index (κ1) is 14.6. The van der Waals surface area contributed by atoms with E-state index in [0.717, 1.165) is 43.6 Å². The summed E-state index contributed by atoms with van der Waals surface area (Å²) in [6.45, 7) is 5.53. The quantitative estimate of drug-likeness (QED) is 0.724. The summed E-state index contributed by atoms with van der Waals surface area (Å²) in [6.07, 6.45) is 7.99. The molecule has 0 spiro atoms. The Balaban J connectivity index is 1.62. The molecule has 0 aromatic carbocycles. The van der Waals surface area contributed by atoms with Gasteiger partial charge < -0.3 is 14.5 Å². The molecule has 1 N–H and O–H groups in total. The molecular weight excluding hydrogens is 238 g/mol. The van der Waals surface area contributed by atoms with Gasteiger partial charge in [0.05, 0.1) is 6.54 Å². The Morgan fingerprint density at radius 3 is 2.79 bits per heavy atom. The third-order valence-corrected chi connectivity index (χ3v) is 3.77. The maximum atomic E-state index is 5.78. The Hall–Kier alpha value is -0.800. The third kappa shape index (κ3) is 5.37. The number of hydrogen-bond donors (Lipinski definition) is 1. The van der Waals surface area contributed by atoms with Crippen molar-refractivity contribution in [2.75, 3.05) is 13.2 Å². The molecule has 1 aliphatic carbocycles. The predicted octanol–water partition coefficient (Wildman–Crippen LogP) is 3.88.